The van der Waals surface area contributed by atoms with E-state index >= 15 is 0 Å². The molecule has 0 spiro atoms. The molecule has 0 amide bonds. The largest absolute Gasteiger partial charge is 0.480 e. The molecule has 4 rings (SSSR count). The molecule has 11 heteroatoms. The number of aromatic carboxylic acids is 1. The monoisotopic (exact) mass is 425 g/mol. The van der Waals surface area contributed by atoms with Crippen molar-refractivity contribution >= 4 is 34.9 Å². The molecule has 1 atom stereocenters. The van der Waals surface area contributed by atoms with E-state index < -0.39 is 47.1 Å². The first-order chi connectivity index (χ1) is 14.7. The summed E-state index contributed by atoms with van der Waals surface area (Å²) in [6.07, 6.45) is -0.702. The number of ketones is 2. The molecule has 0 saturated heterocycles. The second-order valence-electron chi connectivity index (χ2n) is 6.98. The maximum absolute atomic E-state index is 12.6. The van der Waals surface area contributed by atoms with Crippen molar-refractivity contribution in [2.45, 2.75) is 18.9 Å². The Bertz CT molecular complexity index is 1270. The molecule has 2 aliphatic rings. The van der Waals surface area contributed by atoms with Gasteiger partial charge >= 0.3 is 11.9 Å². The number of rotatable bonds is 5. The van der Waals surface area contributed by atoms with Crippen LogP contribution < -0.4 is 21.2 Å². The van der Waals surface area contributed by atoms with Gasteiger partial charge in [-0.3, -0.25) is 19.2 Å². The number of anilines is 1. The highest BCUT2D eigenvalue weighted by Crippen LogP contribution is 2.41. The summed E-state index contributed by atoms with van der Waals surface area (Å²) >= 11 is 0. The summed E-state index contributed by atoms with van der Waals surface area (Å²) in [5.74, 6) is -3.46. The zero-order valence-electron chi connectivity index (χ0n) is 15.7. The summed E-state index contributed by atoms with van der Waals surface area (Å²) in [6, 6.07) is 3.97. The quantitative estimate of drug-likeness (QED) is 0.429. The van der Waals surface area contributed by atoms with Crippen LogP contribution in [0.15, 0.2) is 34.8 Å². The van der Waals surface area contributed by atoms with Crippen LogP contribution in [0.4, 0.5) is 5.69 Å². The number of hydrogen-bond donors (Lipinski definition) is 5. The van der Waals surface area contributed by atoms with E-state index in [2.05, 4.69) is 10.3 Å². The lowest BCUT2D eigenvalue weighted by Crippen LogP contribution is -2.33. The topological polar surface area (TPSA) is 189 Å². The molecule has 2 heterocycles. The lowest BCUT2D eigenvalue weighted by Gasteiger charge is -2.29. The summed E-state index contributed by atoms with van der Waals surface area (Å²) in [5.41, 5.74) is 4.43. The van der Waals surface area contributed by atoms with Gasteiger partial charge in [-0.05, 0) is 12.1 Å². The number of pyridine rings is 1. The molecule has 6 N–H and O–H groups in total. The summed E-state index contributed by atoms with van der Waals surface area (Å²) in [4.78, 5) is 62.4. The molecule has 2 aromatic rings. The van der Waals surface area contributed by atoms with Gasteiger partial charge in [0.25, 0.3) is 0 Å². The smallest absolute Gasteiger partial charge is 0.352 e. The van der Waals surface area contributed by atoms with E-state index in [1.807, 2.05) is 0 Å². The van der Waals surface area contributed by atoms with Crippen molar-refractivity contribution in [2.24, 2.45) is 5.73 Å². The van der Waals surface area contributed by atoms with Crippen LogP contribution in [0.5, 0.6) is 5.75 Å². The number of aromatic nitrogens is 1. The molecule has 0 radical (unpaired) electrons. The normalized spacial score (nSPS) is 15.1. The second kappa shape index (κ2) is 7.22. The first-order valence-electron chi connectivity index (χ1n) is 9.04. The lowest BCUT2D eigenvalue weighted by atomic mass is 9.93. The van der Waals surface area contributed by atoms with E-state index in [1.54, 1.807) is 0 Å². The number of nitrogens with two attached hydrogens (primary N) is 1. The van der Waals surface area contributed by atoms with Gasteiger partial charge in [0.05, 0.1) is 29.1 Å². The zero-order chi connectivity index (χ0) is 22.4. The minimum atomic E-state index is -1.40. The van der Waals surface area contributed by atoms with Gasteiger partial charge in [0, 0.05) is 18.1 Å². The number of fused-ring (bicyclic) bond motifs is 3. The van der Waals surface area contributed by atoms with Crippen LogP contribution in [-0.2, 0) is 4.79 Å². The first kappa shape index (κ1) is 20.0. The van der Waals surface area contributed by atoms with E-state index in [0.717, 1.165) is 6.07 Å². The maximum atomic E-state index is 12.6. The molecule has 158 valence electrons. The number of H-pyrrole nitrogens is 1. The summed E-state index contributed by atoms with van der Waals surface area (Å²) in [6.45, 7) is 0. The number of benzene rings is 1. The molecule has 0 bridgehead atoms. The van der Waals surface area contributed by atoms with Crippen molar-refractivity contribution in [2.75, 3.05) is 5.32 Å². The Balaban J connectivity index is 1.79. The average Bonchev–Trinajstić information content (AvgIpc) is 2.71. The highest BCUT2D eigenvalue weighted by atomic mass is 16.5. The van der Waals surface area contributed by atoms with Crippen LogP contribution in [0.2, 0.25) is 0 Å². The Morgan fingerprint density at radius 3 is 2.61 bits per heavy atom. The third kappa shape index (κ3) is 3.36. The number of aliphatic carboxylic acids is 1. The average molecular weight is 425 g/mol. The third-order valence-electron chi connectivity index (χ3n) is 4.92. The van der Waals surface area contributed by atoms with Crippen molar-refractivity contribution in [3.8, 4) is 5.75 Å². The van der Waals surface area contributed by atoms with Gasteiger partial charge in [0.15, 0.2) is 22.7 Å². The number of para-hydroxylation sites is 1. The molecule has 0 saturated carbocycles. The summed E-state index contributed by atoms with van der Waals surface area (Å²) < 4.78 is 5.77. The highest BCUT2D eigenvalue weighted by Gasteiger charge is 2.35. The maximum Gasteiger partial charge on any atom is 0.352 e. The van der Waals surface area contributed by atoms with Crippen LogP contribution in [0.3, 0.4) is 0 Å². The molecular weight excluding hydrogens is 410 g/mol. The molecule has 1 aromatic heterocycles. The number of nitrogens with one attached hydrogen (secondary N) is 2. The van der Waals surface area contributed by atoms with Gasteiger partial charge in [0.2, 0.25) is 0 Å². The van der Waals surface area contributed by atoms with Gasteiger partial charge in [-0.15, -0.1) is 0 Å². The molecule has 1 aliphatic heterocycles. The Hall–Kier alpha value is -4.25. The SMILES string of the molecule is NC(CC(=O)c1cccc2c1NC1=C(CC(=O)c3[nH]c(C(=O)O)cc(=O)c31)O2)C(=O)O. The molecule has 1 unspecified atom stereocenters. The lowest BCUT2D eigenvalue weighted by molar-refractivity contribution is -0.138. The second-order valence-corrected chi connectivity index (χ2v) is 6.98. The van der Waals surface area contributed by atoms with Crippen molar-refractivity contribution < 1.29 is 34.1 Å². The molecule has 1 aromatic carbocycles. The number of Topliss-reactive ketones (excluding diaryl/α,β-unsaturated/α-hetero) is 2. The van der Waals surface area contributed by atoms with Gasteiger partial charge < -0.3 is 31.0 Å². The van der Waals surface area contributed by atoms with Crippen molar-refractivity contribution in [1.29, 1.82) is 0 Å². The Labute approximate surface area is 173 Å². The molecule has 0 fully saturated rings. The van der Waals surface area contributed by atoms with Crippen molar-refractivity contribution in [3.63, 3.8) is 0 Å². The van der Waals surface area contributed by atoms with Crippen molar-refractivity contribution in [1.82, 2.24) is 4.98 Å². The van der Waals surface area contributed by atoms with E-state index in [-0.39, 0.29) is 46.1 Å². The summed E-state index contributed by atoms with van der Waals surface area (Å²) in [5, 5.41) is 21.0. The standard InChI is InChI=1S/C20H15N3O8/c21-8(19(27)28)4-10(24)7-2-1-3-13-16(7)23-18-14(31-13)6-12(26)17-15(18)11(25)5-9(22-17)20(29)30/h1-3,5,8,23H,4,6,21H2,(H,22,25)(H,27,28)(H,29,30). The highest BCUT2D eigenvalue weighted by molar-refractivity contribution is 6.10. The number of carboxylic acid groups (broad SMARTS) is 2. The number of carboxylic acids is 2. The molecule has 1 aliphatic carbocycles. The minimum absolute atomic E-state index is 0.0952. The zero-order valence-corrected chi connectivity index (χ0v) is 15.7. The van der Waals surface area contributed by atoms with Gasteiger partial charge in [-0.2, -0.15) is 0 Å². The Morgan fingerprint density at radius 1 is 1.19 bits per heavy atom. The minimum Gasteiger partial charge on any atom is -0.480 e. The van der Waals surface area contributed by atoms with Crippen LogP contribution in [0.1, 0.15) is 49.7 Å². The predicted molar refractivity (Wildman–Crippen MR) is 105 cm³/mol. The van der Waals surface area contributed by atoms with E-state index in [4.69, 9.17) is 20.7 Å². The number of allylic oxidation sites excluding steroid dienone is 1. The summed E-state index contributed by atoms with van der Waals surface area (Å²) in [7, 11) is 0. The van der Waals surface area contributed by atoms with Gasteiger partial charge in [-0.25, -0.2) is 4.79 Å². The fourth-order valence-electron chi connectivity index (χ4n) is 3.45. The molecular formula is C20H15N3O8. The Kier molecular flexibility index (Phi) is 4.67. The number of carbonyl (C=O) groups is 4. The fourth-order valence-corrected chi connectivity index (χ4v) is 3.45. The van der Waals surface area contributed by atoms with E-state index in [0.29, 0.717) is 0 Å². The van der Waals surface area contributed by atoms with Crippen molar-refractivity contribution in [3.05, 3.63) is 62.8 Å². The van der Waals surface area contributed by atoms with Gasteiger partial charge in [0.1, 0.15) is 17.5 Å². The number of carbonyl (C=O) groups excluding carboxylic acids is 2. The Morgan fingerprint density at radius 2 is 1.94 bits per heavy atom. The van der Waals surface area contributed by atoms with E-state index in [9.17, 15) is 24.0 Å². The number of ether oxygens (including phenoxy) is 1. The number of aromatic amines is 1. The first-order valence-corrected chi connectivity index (χ1v) is 9.04. The third-order valence-corrected chi connectivity index (χ3v) is 4.92. The number of hydrogen-bond acceptors (Lipinski definition) is 8. The fraction of sp³-hybridized carbons (Fsp3) is 0.150. The van der Waals surface area contributed by atoms with Crippen LogP contribution >= 0.6 is 0 Å². The van der Waals surface area contributed by atoms with Crippen LogP contribution in [0, 0.1) is 0 Å². The van der Waals surface area contributed by atoms with Crippen LogP contribution in [-0.4, -0.2) is 44.7 Å². The molecule has 11 nitrogen and oxygen atoms in total. The van der Waals surface area contributed by atoms with E-state index in [1.165, 1.54) is 18.2 Å². The van der Waals surface area contributed by atoms with Crippen LogP contribution in [0.25, 0.3) is 5.70 Å². The van der Waals surface area contributed by atoms with Gasteiger partial charge in [-0.1, -0.05) is 6.07 Å². The molecule has 31 heavy (non-hydrogen) atoms. The predicted octanol–water partition coefficient (Wildman–Crippen LogP) is 0.817.